The van der Waals surface area contributed by atoms with Gasteiger partial charge < -0.3 is 10.1 Å². The van der Waals surface area contributed by atoms with Crippen LogP contribution in [0, 0.1) is 5.82 Å². The van der Waals surface area contributed by atoms with Gasteiger partial charge in [0.25, 0.3) is 0 Å². The largest absolute Gasteiger partial charge is 0.441 e. The number of carbonyl (C=O) groups is 1. The second-order valence-electron chi connectivity index (χ2n) is 7.35. The molecule has 6 nitrogen and oxygen atoms in total. The number of benzene rings is 1. The first kappa shape index (κ1) is 21.1. The second-order valence-corrected chi connectivity index (χ2v) is 8.64. The number of nitrogens with zero attached hydrogens (tertiary/aromatic N) is 3. The summed E-state index contributed by atoms with van der Waals surface area (Å²) < 4.78 is 19.0. The minimum absolute atomic E-state index is 0.169. The first-order valence-electron chi connectivity index (χ1n) is 8.87. The Labute approximate surface area is 177 Å². The molecular formula is C20H20ClFN4O2S. The van der Waals surface area contributed by atoms with Crippen molar-refractivity contribution in [1.82, 2.24) is 20.3 Å². The predicted octanol–water partition coefficient (Wildman–Crippen LogP) is 5.20. The van der Waals surface area contributed by atoms with E-state index in [1.807, 2.05) is 26.2 Å². The molecular weight excluding hydrogens is 415 g/mol. The van der Waals surface area contributed by atoms with Crippen LogP contribution in [0.15, 0.2) is 41.9 Å². The molecule has 1 N–H and O–H groups in total. The van der Waals surface area contributed by atoms with Crippen molar-refractivity contribution in [3.8, 4) is 10.7 Å². The Morgan fingerprint density at radius 3 is 2.62 bits per heavy atom. The fourth-order valence-electron chi connectivity index (χ4n) is 2.55. The van der Waals surface area contributed by atoms with Crippen LogP contribution in [-0.4, -0.2) is 26.6 Å². The molecule has 0 saturated heterocycles. The van der Waals surface area contributed by atoms with Gasteiger partial charge >= 0.3 is 6.09 Å². The van der Waals surface area contributed by atoms with Crippen LogP contribution < -0.4 is 5.32 Å². The van der Waals surface area contributed by atoms with Crippen LogP contribution in [0.5, 0.6) is 0 Å². The molecule has 0 radical (unpaired) electrons. The normalized spacial score (nSPS) is 12.4. The van der Waals surface area contributed by atoms with Crippen LogP contribution in [0.25, 0.3) is 10.7 Å². The SMILES string of the molecule is CC(C)(C)NC(=O)OC(Cc1nc(Cl)cc(-c2nccs2)n1)c1ccc(F)cc1. The lowest BCUT2D eigenvalue weighted by molar-refractivity contribution is 0.0900. The standard InChI is InChI=1S/C20H20ClFN4O2S/c1-20(2,3)26-19(27)28-15(12-4-6-13(22)7-5-12)11-17-24-14(10-16(21)25-17)18-23-8-9-29-18/h4-10,15H,11H2,1-3H3,(H,26,27). The van der Waals surface area contributed by atoms with Gasteiger partial charge in [-0.25, -0.2) is 24.1 Å². The van der Waals surface area contributed by atoms with Gasteiger partial charge in [-0.3, -0.25) is 0 Å². The monoisotopic (exact) mass is 434 g/mol. The predicted molar refractivity (Wildman–Crippen MR) is 110 cm³/mol. The number of ether oxygens (including phenoxy) is 1. The maximum Gasteiger partial charge on any atom is 0.408 e. The van der Waals surface area contributed by atoms with E-state index in [2.05, 4.69) is 20.3 Å². The number of hydrogen-bond acceptors (Lipinski definition) is 6. The summed E-state index contributed by atoms with van der Waals surface area (Å²) in [4.78, 5) is 25.3. The van der Waals surface area contributed by atoms with Gasteiger partial charge in [-0.1, -0.05) is 23.7 Å². The van der Waals surface area contributed by atoms with E-state index in [9.17, 15) is 9.18 Å². The Balaban J connectivity index is 1.88. The topological polar surface area (TPSA) is 77.0 Å². The van der Waals surface area contributed by atoms with Crippen LogP contribution in [0.2, 0.25) is 5.15 Å². The average Bonchev–Trinajstić information content (AvgIpc) is 3.14. The number of rotatable bonds is 5. The molecule has 1 amide bonds. The van der Waals surface area contributed by atoms with Gasteiger partial charge in [-0.15, -0.1) is 11.3 Å². The Morgan fingerprint density at radius 1 is 1.28 bits per heavy atom. The molecule has 0 spiro atoms. The van der Waals surface area contributed by atoms with Crippen LogP contribution in [0.3, 0.4) is 0 Å². The quantitative estimate of drug-likeness (QED) is 0.558. The van der Waals surface area contributed by atoms with Crippen LogP contribution >= 0.6 is 22.9 Å². The van der Waals surface area contributed by atoms with Gasteiger partial charge in [-0.05, 0) is 38.5 Å². The van der Waals surface area contributed by atoms with Gasteiger partial charge in [0, 0.05) is 29.6 Å². The lowest BCUT2D eigenvalue weighted by Gasteiger charge is -2.23. The van der Waals surface area contributed by atoms with Crippen LogP contribution in [-0.2, 0) is 11.2 Å². The third-order valence-corrected chi connectivity index (χ3v) is 4.72. The first-order valence-corrected chi connectivity index (χ1v) is 10.1. The molecule has 0 bridgehead atoms. The highest BCUT2D eigenvalue weighted by Crippen LogP contribution is 2.26. The fourth-order valence-corrected chi connectivity index (χ4v) is 3.35. The summed E-state index contributed by atoms with van der Waals surface area (Å²) in [6, 6.07) is 7.39. The van der Waals surface area contributed by atoms with Crippen molar-refractivity contribution >= 4 is 29.0 Å². The van der Waals surface area contributed by atoms with E-state index in [1.165, 1.54) is 23.5 Å². The molecule has 1 aromatic carbocycles. The maximum absolute atomic E-state index is 13.4. The number of aromatic nitrogens is 3. The molecule has 152 valence electrons. The molecule has 3 rings (SSSR count). The lowest BCUT2D eigenvalue weighted by Crippen LogP contribution is -2.41. The summed E-state index contributed by atoms with van der Waals surface area (Å²) in [5.74, 6) is 0.0114. The number of alkyl carbamates (subject to hydrolysis) is 1. The summed E-state index contributed by atoms with van der Waals surface area (Å²) in [7, 11) is 0. The van der Waals surface area contributed by atoms with Crippen molar-refractivity contribution in [2.45, 2.75) is 38.8 Å². The number of thiazole rings is 1. The molecule has 0 aliphatic rings. The lowest BCUT2D eigenvalue weighted by atomic mass is 10.1. The van der Waals surface area contributed by atoms with E-state index in [4.69, 9.17) is 16.3 Å². The zero-order valence-electron chi connectivity index (χ0n) is 16.1. The van der Waals surface area contributed by atoms with Gasteiger partial charge in [0.05, 0.1) is 0 Å². The molecule has 1 unspecified atom stereocenters. The number of nitrogens with one attached hydrogen (secondary N) is 1. The third-order valence-electron chi connectivity index (χ3n) is 3.73. The van der Waals surface area contributed by atoms with Gasteiger partial charge in [0.2, 0.25) is 0 Å². The first-order chi connectivity index (χ1) is 13.7. The molecule has 29 heavy (non-hydrogen) atoms. The zero-order valence-corrected chi connectivity index (χ0v) is 17.7. The minimum Gasteiger partial charge on any atom is -0.441 e. The van der Waals surface area contributed by atoms with Crippen molar-refractivity contribution in [2.75, 3.05) is 0 Å². The molecule has 0 aliphatic carbocycles. The smallest absolute Gasteiger partial charge is 0.408 e. The fraction of sp³-hybridized carbons (Fsp3) is 0.300. The zero-order chi connectivity index (χ0) is 21.0. The van der Waals surface area contributed by atoms with E-state index in [1.54, 1.807) is 24.4 Å². The second kappa shape index (κ2) is 8.84. The minimum atomic E-state index is -0.722. The highest BCUT2D eigenvalue weighted by Gasteiger charge is 2.23. The van der Waals surface area contributed by atoms with Gasteiger partial charge in [0.15, 0.2) is 0 Å². The molecule has 2 heterocycles. The van der Waals surface area contributed by atoms with Crippen molar-refractivity contribution in [2.24, 2.45) is 0 Å². The highest BCUT2D eigenvalue weighted by molar-refractivity contribution is 7.13. The van der Waals surface area contributed by atoms with E-state index >= 15 is 0 Å². The maximum atomic E-state index is 13.4. The highest BCUT2D eigenvalue weighted by atomic mass is 35.5. The Bertz CT molecular complexity index is 975. The molecule has 0 saturated carbocycles. The Morgan fingerprint density at radius 2 is 2.00 bits per heavy atom. The van der Waals surface area contributed by atoms with Crippen LogP contribution in [0.1, 0.15) is 38.3 Å². The van der Waals surface area contributed by atoms with Crippen molar-refractivity contribution < 1.29 is 13.9 Å². The van der Waals surface area contributed by atoms with Gasteiger partial charge in [-0.2, -0.15) is 0 Å². The van der Waals surface area contributed by atoms with E-state index in [-0.39, 0.29) is 17.4 Å². The molecule has 3 aromatic rings. The van der Waals surface area contributed by atoms with E-state index < -0.39 is 17.7 Å². The van der Waals surface area contributed by atoms with Crippen LogP contribution in [0.4, 0.5) is 9.18 Å². The summed E-state index contributed by atoms with van der Waals surface area (Å²) in [6.07, 6.45) is 0.536. The van der Waals surface area contributed by atoms with Crippen molar-refractivity contribution in [3.05, 3.63) is 64.3 Å². The number of hydrogen-bond donors (Lipinski definition) is 1. The molecule has 1 atom stereocenters. The summed E-state index contributed by atoms with van der Waals surface area (Å²) >= 11 is 7.60. The molecule has 0 aliphatic heterocycles. The summed E-state index contributed by atoms with van der Waals surface area (Å²) in [6.45, 7) is 5.55. The molecule has 9 heteroatoms. The van der Waals surface area contributed by atoms with Crippen molar-refractivity contribution in [3.63, 3.8) is 0 Å². The number of amides is 1. The summed E-state index contributed by atoms with van der Waals surface area (Å²) in [5.41, 5.74) is 0.747. The molecule has 0 fully saturated rings. The summed E-state index contributed by atoms with van der Waals surface area (Å²) in [5, 5.41) is 5.56. The Kier molecular flexibility index (Phi) is 6.44. The van der Waals surface area contributed by atoms with Crippen molar-refractivity contribution in [1.29, 1.82) is 0 Å². The van der Waals surface area contributed by atoms with Gasteiger partial charge in [0.1, 0.15) is 33.6 Å². The third kappa shape index (κ3) is 6.20. The molecule has 2 aromatic heterocycles. The van der Waals surface area contributed by atoms with E-state index in [0.29, 0.717) is 22.1 Å². The van der Waals surface area contributed by atoms with E-state index in [0.717, 1.165) is 0 Å². The number of halogens is 2. The Hall–Kier alpha value is -2.58. The number of carbonyl (C=O) groups excluding carboxylic acids is 1. The average molecular weight is 435 g/mol.